The maximum absolute atomic E-state index is 10.8. The number of hydrogen-bond donors (Lipinski definition) is 1. The van der Waals surface area contributed by atoms with Crippen LogP contribution in [-0.4, -0.2) is 24.5 Å². The molecule has 5 rings (SSSR count). The third kappa shape index (κ3) is 2.71. The molecule has 3 heterocycles. The van der Waals surface area contributed by atoms with E-state index in [0.717, 1.165) is 42.2 Å². The maximum Gasteiger partial charge on any atom is 0.269 e. The van der Waals surface area contributed by atoms with E-state index in [-0.39, 0.29) is 5.69 Å². The largest absolute Gasteiger partial charge is 0.360 e. The van der Waals surface area contributed by atoms with Crippen LogP contribution in [0.1, 0.15) is 0 Å². The van der Waals surface area contributed by atoms with Crippen LogP contribution in [-0.2, 0) is 0 Å². The number of benzene rings is 2. The highest BCUT2D eigenvalue weighted by molar-refractivity contribution is 9.10. The summed E-state index contributed by atoms with van der Waals surface area (Å²) in [6, 6.07) is 12.4. The number of imidazole rings is 1. The highest BCUT2D eigenvalue weighted by Crippen LogP contribution is 2.34. The number of H-pyrrole nitrogens is 1. The van der Waals surface area contributed by atoms with Crippen molar-refractivity contribution in [1.82, 2.24) is 19.6 Å². The second-order valence-electron chi connectivity index (χ2n) is 5.96. The number of nitrogens with one attached hydrogen (secondary N) is 1. The normalized spacial score (nSPS) is 11.4. The quantitative estimate of drug-likeness (QED) is 0.306. The summed E-state index contributed by atoms with van der Waals surface area (Å²) in [7, 11) is 0. The van der Waals surface area contributed by atoms with Crippen LogP contribution < -0.4 is 0 Å². The molecule has 0 fully saturated rings. The van der Waals surface area contributed by atoms with Gasteiger partial charge in [0.15, 0.2) is 0 Å². The van der Waals surface area contributed by atoms with Crippen LogP contribution in [0.5, 0.6) is 0 Å². The number of non-ortho nitro benzene ring substituents is 1. The van der Waals surface area contributed by atoms with E-state index >= 15 is 0 Å². The average molecular weight is 440 g/mol. The first kappa shape index (κ1) is 16.2. The lowest BCUT2D eigenvalue weighted by Gasteiger charge is -1.96. The molecule has 27 heavy (non-hydrogen) atoms. The number of hydrogen-bond acceptors (Lipinski definition) is 5. The first-order chi connectivity index (χ1) is 13.1. The van der Waals surface area contributed by atoms with E-state index in [1.54, 1.807) is 16.6 Å². The lowest BCUT2D eigenvalue weighted by molar-refractivity contribution is -0.384. The summed E-state index contributed by atoms with van der Waals surface area (Å²) in [5.74, 6) is 0. The maximum atomic E-state index is 10.8. The van der Waals surface area contributed by atoms with Crippen molar-refractivity contribution < 1.29 is 4.92 Å². The lowest BCUT2D eigenvalue weighted by Crippen LogP contribution is -1.87. The third-order valence-corrected chi connectivity index (χ3v) is 5.74. The van der Waals surface area contributed by atoms with Gasteiger partial charge in [-0.2, -0.15) is 5.10 Å². The smallest absolute Gasteiger partial charge is 0.269 e. The predicted octanol–water partition coefficient (Wildman–Crippen LogP) is 5.28. The second kappa shape index (κ2) is 6.00. The zero-order valence-corrected chi connectivity index (χ0v) is 16.0. The fraction of sp³-hybridized carbons (Fsp3) is 0. The van der Waals surface area contributed by atoms with E-state index in [4.69, 9.17) is 0 Å². The Labute approximate surface area is 164 Å². The van der Waals surface area contributed by atoms with E-state index in [9.17, 15) is 10.1 Å². The molecule has 0 amide bonds. The third-order valence-electron chi connectivity index (χ3n) is 4.29. The van der Waals surface area contributed by atoms with E-state index < -0.39 is 4.92 Å². The molecule has 3 aromatic heterocycles. The van der Waals surface area contributed by atoms with Crippen LogP contribution in [0.15, 0.2) is 59.3 Å². The van der Waals surface area contributed by atoms with Gasteiger partial charge in [0.2, 0.25) is 4.96 Å². The van der Waals surface area contributed by atoms with E-state index in [1.807, 2.05) is 24.5 Å². The fourth-order valence-electron chi connectivity index (χ4n) is 2.97. The number of halogens is 1. The molecule has 0 aliphatic carbocycles. The summed E-state index contributed by atoms with van der Waals surface area (Å²) in [6.45, 7) is 0. The monoisotopic (exact) mass is 439 g/mol. The molecule has 9 heteroatoms. The summed E-state index contributed by atoms with van der Waals surface area (Å²) in [4.78, 5) is 19.0. The molecule has 0 atom stereocenters. The molecule has 0 saturated heterocycles. The molecule has 0 saturated carbocycles. The molecule has 0 aliphatic rings. The first-order valence-corrected chi connectivity index (χ1v) is 9.57. The van der Waals surface area contributed by atoms with Crippen LogP contribution >= 0.6 is 27.3 Å². The number of nitro groups is 1. The van der Waals surface area contributed by atoms with Crippen LogP contribution in [0.4, 0.5) is 5.69 Å². The van der Waals surface area contributed by atoms with Gasteiger partial charge < -0.3 is 4.98 Å². The highest BCUT2D eigenvalue weighted by atomic mass is 79.9. The van der Waals surface area contributed by atoms with Gasteiger partial charge in [-0.05, 0) is 30.3 Å². The van der Waals surface area contributed by atoms with Gasteiger partial charge >= 0.3 is 0 Å². The van der Waals surface area contributed by atoms with Gasteiger partial charge in [-0.3, -0.25) is 10.1 Å². The van der Waals surface area contributed by atoms with Crippen LogP contribution in [0.25, 0.3) is 37.7 Å². The Hall–Kier alpha value is -3.04. The molecule has 0 unspecified atom stereocenters. The van der Waals surface area contributed by atoms with Gasteiger partial charge in [-0.1, -0.05) is 27.3 Å². The van der Waals surface area contributed by atoms with E-state index in [0.29, 0.717) is 0 Å². The Morgan fingerprint density at radius 2 is 2.00 bits per heavy atom. The minimum absolute atomic E-state index is 0.0608. The van der Waals surface area contributed by atoms with Crippen molar-refractivity contribution in [1.29, 1.82) is 0 Å². The minimum Gasteiger partial charge on any atom is -0.360 e. The Morgan fingerprint density at radius 1 is 1.19 bits per heavy atom. The number of fused-ring (bicyclic) bond motifs is 2. The number of rotatable bonds is 3. The lowest BCUT2D eigenvalue weighted by atomic mass is 10.1. The van der Waals surface area contributed by atoms with E-state index in [1.165, 1.54) is 23.5 Å². The molecule has 2 aromatic carbocycles. The van der Waals surface area contributed by atoms with Gasteiger partial charge in [0.1, 0.15) is 5.01 Å². The Balaban J connectivity index is 1.54. The number of nitro benzene ring substituents is 1. The summed E-state index contributed by atoms with van der Waals surface area (Å²) >= 11 is 5.01. The van der Waals surface area contributed by atoms with Crippen molar-refractivity contribution >= 4 is 48.8 Å². The van der Waals surface area contributed by atoms with E-state index in [2.05, 4.69) is 37.1 Å². The average Bonchev–Trinajstić information content (AvgIpc) is 3.33. The SMILES string of the molecule is O=[N+]([O-])c1ccc(-c2cn3nc(-c4c[nH]c5ccc(Br)cc45)sc3n2)cc1. The molecule has 7 nitrogen and oxygen atoms in total. The number of aromatic nitrogens is 4. The molecule has 5 aromatic rings. The van der Waals surface area contributed by atoms with Crippen molar-refractivity contribution in [2.24, 2.45) is 0 Å². The zero-order valence-electron chi connectivity index (χ0n) is 13.6. The van der Waals surface area contributed by atoms with Crippen molar-refractivity contribution in [3.05, 3.63) is 69.4 Å². The van der Waals surface area contributed by atoms with Crippen LogP contribution in [0.3, 0.4) is 0 Å². The molecule has 0 bridgehead atoms. The molecule has 132 valence electrons. The van der Waals surface area contributed by atoms with Gasteiger partial charge in [0.25, 0.3) is 5.69 Å². The molecule has 0 spiro atoms. The Morgan fingerprint density at radius 3 is 2.74 bits per heavy atom. The molecule has 0 aliphatic heterocycles. The highest BCUT2D eigenvalue weighted by Gasteiger charge is 2.15. The summed E-state index contributed by atoms with van der Waals surface area (Å²) in [5.41, 5.74) is 3.68. The standard InChI is InChI=1S/C18H10BrN5O2S/c19-11-3-6-15-13(7-11)14(8-20-15)17-22-23-9-16(21-18(23)27-17)10-1-4-12(5-2-10)24(25)26/h1-9,20H. The molecular formula is C18H10BrN5O2S. The molecular weight excluding hydrogens is 430 g/mol. The van der Waals surface area contributed by atoms with Crippen molar-refractivity contribution in [2.45, 2.75) is 0 Å². The zero-order chi connectivity index (χ0) is 18.5. The van der Waals surface area contributed by atoms with Gasteiger partial charge in [0, 0.05) is 44.8 Å². The predicted molar refractivity (Wildman–Crippen MR) is 108 cm³/mol. The summed E-state index contributed by atoms with van der Waals surface area (Å²) in [6.07, 6.45) is 3.79. The van der Waals surface area contributed by atoms with Gasteiger partial charge in [-0.15, -0.1) is 0 Å². The minimum atomic E-state index is -0.414. The fourth-order valence-corrected chi connectivity index (χ4v) is 4.24. The number of aromatic amines is 1. The van der Waals surface area contributed by atoms with Crippen molar-refractivity contribution in [3.8, 4) is 21.8 Å². The number of nitrogens with zero attached hydrogens (tertiary/aromatic N) is 4. The molecule has 0 radical (unpaired) electrons. The summed E-state index contributed by atoms with van der Waals surface area (Å²) in [5, 5.41) is 17.4. The van der Waals surface area contributed by atoms with Crippen LogP contribution in [0, 0.1) is 10.1 Å². The Kier molecular flexibility index (Phi) is 3.59. The topological polar surface area (TPSA) is 89.1 Å². The second-order valence-corrected chi connectivity index (χ2v) is 7.83. The van der Waals surface area contributed by atoms with Gasteiger partial charge in [0.05, 0.1) is 16.8 Å². The van der Waals surface area contributed by atoms with Crippen LogP contribution in [0.2, 0.25) is 0 Å². The molecule has 1 N–H and O–H groups in total. The summed E-state index contributed by atoms with van der Waals surface area (Å²) < 4.78 is 2.76. The Bertz CT molecular complexity index is 1290. The van der Waals surface area contributed by atoms with Crippen molar-refractivity contribution in [2.75, 3.05) is 0 Å². The van der Waals surface area contributed by atoms with Gasteiger partial charge in [-0.25, -0.2) is 9.50 Å². The first-order valence-electron chi connectivity index (χ1n) is 7.96. The van der Waals surface area contributed by atoms with Crippen molar-refractivity contribution in [3.63, 3.8) is 0 Å².